The first-order chi connectivity index (χ1) is 21.0. The van der Waals surface area contributed by atoms with Gasteiger partial charge in [-0.15, -0.1) is 4.41 Å². The second kappa shape index (κ2) is 19.9. The van der Waals surface area contributed by atoms with Crippen molar-refractivity contribution in [2.24, 2.45) is 23.7 Å². The molecule has 3 atom stereocenters. The molecule has 1 aliphatic heterocycles. The van der Waals surface area contributed by atoms with Crippen molar-refractivity contribution in [3.63, 3.8) is 0 Å². The highest BCUT2D eigenvalue weighted by Crippen LogP contribution is 2.26. The molecule has 11 heteroatoms. The lowest BCUT2D eigenvalue weighted by Gasteiger charge is -2.31. The number of carbonyl (C=O) groups excluding carboxylic acids is 2. The van der Waals surface area contributed by atoms with Gasteiger partial charge in [-0.1, -0.05) is 84.0 Å². The second-order valence-electron chi connectivity index (χ2n) is 12.4. The predicted octanol–water partition coefficient (Wildman–Crippen LogP) is 4.99. The Labute approximate surface area is 265 Å². The number of hydrogen-bond donors (Lipinski definition) is 2. The lowest BCUT2D eigenvalue weighted by Crippen LogP contribution is -2.53. The van der Waals surface area contributed by atoms with Crippen molar-refractivity contribution in [3.05, 3.63) is 42.0 Å². The third-order valence-electron chi connectivity index (χ3n) is 7.69. The van der Waals surface area contributed by atoms with E-state index in [1.807, 2.05) is 84.0 Å². The standard InChI is InChI=1S/C33H56N4O6S/c1-7-36(8-2)21-15-23-44(40,41)37(25-27(5)6)34-32(38)30(24-26(3)4)29(19-14-18-28-16-10-9-11-17-28)33(39)35-43-31-20-12-13-22-42-31/h9-11,14,16-18,26-27,29-31H,7-8,12-13,15,19-25H2,1-6H3,(H,34,38)(H,35,39)/b18-14+/t29-,30+,31?/m0/s1. The summed E-state index contributed by atoms with van der Waals surface area (Å²) in [6.07, 6.45) is 6.94. The summed E-state index contributed by atoms with van der Waals surface area (Å²) in [5.74, 6) is -2.55. The molecular weight excluding hydrogens is 580 g/mol. The number of benzene rings is 1. The molecule has 1 heterocycles. The molecule has 0 spiro atoms. The van der Waals surface area contributed by atoms with Crippen molar-refractivity contribution in [1.29, 1.82) is 0 Å². The van der Waals surface area contributed by atoms with E-state index in [0.29, 0.717) is 32.4 Å². The number of allylic oxidation sites excluding steroid dienone is 1. The molecule has 2 amide bonds. The van der Waals surface area contributed by atoms with Gasteiger partial charge in [-0.3, -0.25) is 15.0 Å². The maximum absolute atomic E-state index is 14.0. The summed E-state index contributed by atoms with van der Waals surface area (Å²) in [5, 5.41) is 0. The Morgan fingerprint density at radius 2 is 1.73 bits per heavy atom. The van der Waals surface area contributed by atoms with E-state index in [1.54, 1.807) is 0 Å². The van der Waals surface area contributed by atoms with Crippen LogP contribution in [0.25, 0.3) is 6.08 Å². The highest BCUT2D eigenvalue weighted by Gasteiger charge is 2.36. The molecule has 1 saturated heterocycles. The Morgan fingerprint density at radius 1 is 1.02 bits per heavy atom. The van der Waals surface area contributed by atoms with E-state index in [-0.39, 0.29) is 30.6 Å². The number of ether oxygens (including phenoxy) is 1. The maximum atomic E-state index is 14.0. The molecule has 1 aromatic rings. The molecular formula is C33H56N4O6S. The summed E-state index contributed by atoms with van der Waals surface area (Å²) >= 11 is 0. The number of hydrogen-bond acceptors (Lipinski definition) is 7. The van der Waals surface area contributed by atoms with Crippen LogP contribution in [0.3, 0.4) is 0 Å². The summed E-state index contributed by atoms with van der Waals surface area (Å²) in [6, 6.07) is 9.72. The number of nitrogens with one attached hydrogen (secondary N) is 2. The SMILES string of the molecule is CCN(CC)CCCS(=O)(=O)N(CC(C)C)NC(=O)[C@H](CC(C)C)[C@H](C/C=C/c1ccccc1)C(=O)NOC1CCCCO1. The van der Waals surface area contributed by atoms with E-state index in [4.69, 9.17) is 9.57 Å². The van der Waals surface area contributed by atoms with Gasteiger partial charge in [-0.2, -0.15) is 0 Å². The molecule has 1 aromatic carbocycles. The molecule has 10 nitrogen and oxygen atoms in total. The smallest absolute Gasteiger partial charge is 0.247 e. The summed E-state index contributed by atoms with van der Waals surface area (Å²) in [5.41, 5.74) is 6.27. The van der Waals surface area contributed by atoms with Crippen molar-refractivity contribution in [3.8, 4) is 0 Å². The lowest BCUT2D eigenvalue weighted by molar-refractivity contribution is -0.203. The van der Waals surface area contributed by atoms with Gasteiger partial charge in [0.15, 0.2) is 6.29 Å². The molecule has 2 N–H and O–H groups in total. The monoisotopic (exact) mass is 636 g/mol. The van der Waals surface area contributed by atoms with Crippen LogP contribution in [0, 0.1) is 23.7 Å². The normalized spacial score (nSPS) is 17.5. The van der Waals surface area contributed by atoms with Crippen LogP contribution in [-0.2, 0) is 29.2 Å². The summed E-state index contributed by atoms with van der Waals surface area (Å²) < 4.78 is 33.7. The molecule has 0 radical (unpaired) electrons. The zero-order valence-corrected chi connectivity index (χ0v) is 28.5. The van der Waals surface area contributed by atoms with Crippen LogP contribution < -0.4 is 10.9 Å². The second-order valence-corrected chi connectivity index (χ2v) is 14.4. The largest absolute Gasteiger partial charge is 0.350 e. The van der Waals surface area contributed by atoms with Crippen molar-refractivity contribution < 1.29 is 27.6 Å². The summed E-state index contributed by atoms with van der Waals surface area (Å²) in [4.78, 5) is 35.4. The minimum atomic E-state index is -3.79. The molecule has 1 aliphatic rings. The molecule has 1 unspecified atom stereocenters. The fourth-order valence-electron chi connectivity index (χ4n) is 5.22. The minimum Gasteiger partial charge on any atom is -0.350 e. The summed E-state index contributed by atoms with van der Waals surface area (Å²) in [7, 11) is -3.79. The van der Waals surface area contributed by atoms with Gasteiger partial charge in [-0.25, -0.2) is 18.7 Å². The molecule has 44 heavy (non-hydrogen) atoms. The Kier molecular flexibility index (Phi) is 17.2. The van der Waals surface area contributed by atoms with E-state index in [1.165, 1.54) is 0 Å². The molecule has 0 aromatic heterocycles. The maximum Gasteiger partial charge on any atom is 0.247 e. The van der Waals surface area contributed by atoms with E-state index < -0.39 is 40.0 Å². The van der Waals surface area contributed by atoms with Gasteiger partial charge >= 0.3 is 0 Å². The molecule has 250 valence electrons. The minimum absolute atomic E-state index is 0.0202. The average Bonchev–Trinajstić information content (AvgIpc) is 2.99. The first-order valence-corrected chi connectivity index (χ1v) is 17.9. The number of amides is 2. The van der Waals surface area contributed by atoms with Gasteiger partial charge in [0.25, 0.3) is 0 Å². The molecule has 2 rings (SSSR count). The Balaban J connectivity index is 2.30. The van der Waals surface area contributed by atoms with Gasteiger partial charge in [0, 0.05) is 19.6 Å². The Morgan fingerprint density at radius 3 is 2.32 bits per heavy atom. The number of hydrazine groups is 1. The molecule has 0 bridgehead atoms. The predicted molar refractivity (Wildman–Crippen MR) is 175 cm³/mol. The van der Waals surface area contributed by atoms with Gasteiger partial charge in [0.2, 0.25) is 21.8 Å². The van der Waals surface area contributed by atoms with Crippen LogP contribution in [0.15, 0.2) is 36.4 Å². The molecule has 0 saturated carbocycles. The Hall–Kier alpha value is -2.31. The third-order valence-corrected chi connectivity index (χ3v) is 9.40. The van der Waals surface area contributed by atoms with Gasteiger partial charge < -0.3 is 9.64 Å². The topological polar surface area (TPSA) is 117 Å². The zero-order valence-electron chi connectivity index (χ0n) is 27.7. The van der Waals surface area contributed by atoms with E-state index in [2.05, 4.69) is 15.8 Å². The fourth-order valence-corrected chi connectivity index (χ4v) is 6.69. The highest BCUT2D eigenvalue weighted by atomic mass is 32.2. The Bertz CT molecular complexity index is 1100. The van der Waals surface area contributed by atoms with Crippen molar-refractivity contribution in [2.75, 3.05) is 38.5 Å². The van der Waals surface area contributed by atoms with Crippen LogP contribution in [-0.4, -0.2) is 74.4 Å². The van der Waals surface area contributed by atoms with Crippen LogP contribution in [0.5, 0.6) is 0 Å². The number of sulfonamides is 1. The number of hydroxylamine groups is 1. The number of carbonyl (C=O) groups is 2. The van der Waals surface area contributed by atoms with Crippen molar-refractivity contribution >= 4 is 27.9 Å². The van der Waals surface area contributed by atoms with E-state index in [0.717, 1.165) is 35.9 Å². The van der Waals surface area contributed by atoms with Gasteiger partial charge in [0.05, 0.1) is 17.6 Å². The number of rotatable bonds is 20. The highest BCUT2D eigenvalue weighted by molar-refractivity contribution is 7.89. The van der Waals surface area contributed by atoms with Crippen molar-refractivity contribution in [2.45, 2.75) is 86.4 Å². The van der Waals surface area contributed by atoms with Gasteiger partial charge in [0.1, 0.15) is 0 Å². The van der Waals surface area contributed by atoms with Gasteiger partial charge in [-0.05, 0) is 69.1 Å². The summed E-state index contributed by atoms with van der Waals surface area (Å²) in [6.45, 7) is 14.9. The first kappa shape index (κ1) is 37.9. The number of nitrogens with zero attached hydrogens (tertiary/aromatic N) is 2. The average molecular weight is 637 g/mol. The molecule has 0 aliphatic carbocycles. The lowest BCUT2D eigenvalue weighted by atomic mass is 9.82. The zero-order chi connectivity index (χ0) is 32.5. The van der Waals surface area contributed by atoms with Crippen LogP contribution in [0.2, 0.25) is 0 Å². The van der Waals surface area contributed by atoms with Crippen LogP contribution in [0.1, 0.15) is 85.6 Å². The van der Waals surface area contributed by atoms with Crippen LogP contribution in [0.4, 0.5) is 0 Å². The third kappa shape index (κ3) is 13.8. The fraction of sp³-hybridized carbons (Fsp3) is 0.697. The molecule has 1 fully saturated rings. The van der Waals surface area contributed by atoms with E-state index >= 15 is 0 Å². The van der Waals surface area contributed by atoms with Crippen molar-refractivity contribution in [1.82, 2.24) is 20.2 Å². The van der Waals surface area contributed by atoms with Crippen LogP contribution >= 0.6 is 0 Å². The quantitative estimate of drug-likeness (QED) is 0.194. The first-order valence-electron chi connectivity index (χ1n) is 16.3. The van der Waals surface area contributed by atoms with E-state index in [9.17, 15) is 18.0 Å².